The minimum absolute atomic E-state index is 0.276. The summed E-state index contributed by atoms with van der Waals surface area (Å²) in [6, 6.07) is 10.00. The molecule has 0 aliphatic carbocycles. The maximum Gasteiger partial charge on any atom is 0.226 e. The number of rotatable bonds is 2. The van der Waals surface area contributed by atoms with E-state index in [0.717, 1.165) is 25.1 Å². The normalized spacial score (nSPS) is 20.8. The molecule has 0 unspecified atom stereocenters. The third-order valence-electron chi connectivity index (χ3n) is 3.21. The molecule has 0 N–H and O–H groups in total. The van der Waals surface area contributed by atoms with Gasteiger partial charge in [-0.25, -0.2) is 0 Å². The highest BCUT2D eigenvalue weighted by Gasteiger charge is 2.20. The monoisotopic (exact) mass is 217 g/mol. The van der Waals surface area contributed by atoms with Crippen molar-refractivity contribution in [1.29, 1.82) is 0 Å². The fraction of sp³-hybridized carbons (Fsp3) is 0.500. The van der Waals surface area contributed by atoms with E-state index in [-0.39, 0.29) is 5.91 Å². The molecule has 1 fully saturated rings. The Morgan fingerprint density at radius 1 is 1.38 bits per heavy atom. The van der Waals surface area contributed by atoms with Crippen LogP contribution >= 0.6 is 0 Å². The van der Waals surface area contributed by atoms with Crippen LogP contribution in [0, 0.1) is 5.92 Å². The predicted molar refractivity (Wildman–Crippen MR) is 65.1 cm³/mol. The first kappa shape index (κ1) is 11.2. The molecule has 1 aromatic carbocycles. The third kappa shape index (κ3) is 2.84. The maximum absolute atomic E-state index is 12.0. The first-order chi connectivity index (χ1) is 7.75. The standard InChI is InChI=1S/C14H19NO/c1-12-6-5-9-15(11-12)14(16)10-13-7-3-2-4-8-13/h2-4,7-8,12H,5-6,9-11H2,1H3/t12-/m0/s1. The number of carbonyl (C=O) groups is 1. The Balaban J connectivity index is 1.93. The van der Waals surface area contributed by atoms with Crippen molar-refractivity contribution < 1.29 is 4.79 Å². The maximum atomic E-state index is 12.0. The zero-order valence-corrected chi connectivity index (χ0v) is 9.86. The van der Waals surface area contributed by atoms with Crippen molar-refractivity contribution in [1.82, 2.24) is 4.90 Å². The van der Waals surface area contributed by atoms with Crippen molar-refractivity contribution in [2.24, 2.45) is 5.92 Å². The number of amides is 1. The van der Waals surface area contributed by atoms with Crippen LogP contribution in [0.2, 0.25) is 0 Å². The molecule has 2 nitrogen and oxygen atoms in total. The topological polar surface area (TPSA) is 20.3 Å². The molecule has 0 saturated carbocycles. The van der Waals surface area contributed by atoms with E-state index in [4.69, 9.17) is 0 Å². The molecule has 1 aromatic rings. The summed E-state index contributed by atoms with van der Waals surface area (Å²) in [6.07, 6.45) is 2.96. The van der Waals surface area contributed by atoms with Crippen LogP contribution in [-0.4, -0.2) is 23.9 Å². The van der Waals surface area contributed by atoms with Crippen LogP contribution in [0.4, 0.5) is 0 Å². The quantitative estimate of drug-likeness (QED) is 0.745. The highest BCUT2D eigenvalue weighted by Crippen LogP contribution is 2.16. The lowest BCUT2D eigenvalue weighted by Gasteiger charge is -2.31. The van der Waals surface area contributed by atoms with Crippen LogP contribution in [-0.2, 0) is 11.2 Å². The molecular formula is C14H19NO. The van der Waals surface area contributed by atoms with Gasteiger partial charge >= 0.3 is 0 Å². The number of piperidine rings is 1. The van der Waals surface area contributed by atoms with Crippen molar-refractivity contribution in [2.45, 2.75) is 26.2 Å². The van der Waals surface area contributed by atoms with E-state index in [1.807, 2.05) is 35.2 Å². The Bertz CT molecular complexity index is 347. The van der Waals surface area contributed by atoms with Gasteiger partial charge in [-0.3, -0.25) is 4.79 Å². The summed E-state index contributed by atoms with van der Waals surface area (Å²) in [6.45, 7) is 4.10. The molecule has 2 rings (SSSR count). The van der Waals surface area contributed by atoms with Crippen LogP contribution in [0.15, 0.2) is 30.3 Å². The lowest BCUT2D eigenvalue weighted by molar-refractivity contribution is -0.132. The third-order valence-corrected chi connectivity index (χ3v) is 3.21. The minimum atomic E-state index is 0.276. The Labute approximate surface area is 97.3 Å². The second-order valence-corrected chi connectivity index (χ2v) is 4.75. The van der Waals surface area contributed by atoms with E-state index >= 15 is 0 Å². The summed E-state index contributed by atoms with van der Waals surface area (Å²) in [5.41, 5.74) is 1.12. The highest BCUT2D eigenvalue weighted by atomic mass is 16.2. The van der Waals surface area contributed by atoms with Crippen molar-refractivity contribution >= 4 is 5.91 Å². The molecule has 86 valence electrons. The van der Waals surface area contributed by atoms with Gasteiger partial charge in [0.05, 0.1) is 6.42 Å². The second-order valence-electron chi connectivity index (χ2n) is 4.75. The molecule has 0 bridgehead atoms. The molecule has 1 aliphatic heterocycles. The van der Waals surface area contributed by atoms with Gasteiger partial charge in [0.2, 0.25) is 5.91 Å². The Hall–Kier alpha value is -1.31. The molecule has 1 amide bonds. The van der Waals surface area contributed by atoms with Gasteiger partial charge in [-0.1, -0.05) is 37.3 Å². The molecule has 0 radical (unpaired) electrons. The molecule has 1 aliphatic rings. The molecule has 1 heterocycles. The van der Waals surface area contributed by atoms with Gasteiger partial charge in [-0.2, -0.15) is 0 Å². The van der Waals surface area contributed by atoms with Gasteiger partial charge in [0, 0.05) is 13.1 Å². The number of likely N-dealkylation sites (tertiary alicyclic amines) is 1. The largest absolute Gasteiger partial charge is 0.342 e. The first-order valence-corrected chi connectivity index (χ1v) is 6.07. The van der Waals surface area contributed by atoms with Gasteiger partial charge in [0.1, 0.15) is 0 Å². The molecule has 1 saturated heterocycles. The Kier molecular flexibility index (Phi) is 3.60. The van der Waals surface area contributed by atoms with Crippen molar-refractivity contribution in [3.63, 3.8) is 0 Å². The van der Waals surface area contributed by atoms with Crippen LogP contribution in [0.5, 0.6) is 0 Å². The van der Waals surface area contributed by atoms with Crippen molar-refractivity contribution in [3.05, 3.63) is 35.9 Å². The van der Waals surface area contributed by atoms with Crippen molar-refractivity contribution in [3.8, 4) is 0 Å². The first-order valence-electron chi connectivity index (χ1n) is 6.07. The van der Waals surface area contributed by atoms with Gasteiger partial charge in [-0.15, -0.1) is 0 Å². The van der Waals surface area contributed by atoms with E-state index in [0.29, 0.717) is 12.3 Å². The highest BCUT2D eigenvalue weighted by molar-refractivity contribution is 5.78. The number of hydrogen-bond donors (Lipinski definition) is 0. The summed E-state index contributed by atoms with van der Waals surface area (Å²) in [5.74, 6) is 0.936. The van der Waals surface area contributed by atoms with Crippen LogP contribution in [0.25, 0.3) is 0 Å². The zero-order valence-electron chi connectivity index (χ0n) is 9.86. The summed E-state index contributed by atoms with van der Waals surface area (Å²) in [5, 5.41) is 0. The minimum Gasteiger partial charge on any atom is -0.342 e. The van der Waals surface area contributed by atoms with E-state index in [2.05, 4.69) is 6.92 Å². The summed E-state index contributed by atoms with van der Waals surface area (Å²) < 4.78 is 0. The molecule has 16 heavy (non-hydrogen) atoms. The Morgan fingerprint density at radius 2 is 2.12 bits per heavy atom. The summed E-state index contributed by atoms with van der Waals surface area (Å²) in [7, 11) is 0. The van der Waals surface area contributed by atoms with Gasteiger partial charge in [0.25, 0.3) is 0 Å². The summed E-state index contributed by atoms with van der Waals surface area (Å²) >= 11 is 0. The Morgan fingerprint density at radius 3 is 2.81 bits per heavy atom. The van der Waals surface area contributed by atoms with Gasteiger partial charge in [-0.05, 0) is 24.3 Å². The molecular weight excluding hydrogens is 198 g/mol. The van der Waals surface area contributed by atoms with Crippen LogP contribution < -0.4 is 0 Å². The van der Waals surface area contributed by atoms with E-state index < -0.39 is 0 Å². The lowest BCUT2D eigenvalue weighted by atomic mass is 9.99. The van der Waals surface area contributed by atoms with Crippen molar-refractivity contribution in [2.75, 3.05) is 13.1 Å². The number of nitrogens with zero attached hydrogens (tertiary/aromatic N) is 1. The van der Waals surface area contributed by atoms with Gasteiger partial charge in [0.15, 0.2) is 0 Å². The lowest BCUT2D eigenvalue weighted by Crippen LogP contribution is -2.39. The second kappa shape index (κ2) is 5.15. The molecule has 2 heteroatoms. The van der Waals surface area contributed by atoms with Crippen LogP contribution in [0.1, 0.15) is 25.3 Å². The fourth-order valence-electron chi connectivity index (χ4n) is 2.30. The summed E-state index contributed by atoms with van der Waals surface area (Å²) in [4.78, 5) is 14.1. The smallest absolute Gasteiger partial charge is 0.226 e. The fourth-order valence-corrected chi connectivity index (χ4v) is 2.30. The molecule has 1 atom stereocenters. The molecule has 0 spiro atoms. The van der Waals surface area contributed by atoms with E-state index in [1.54, 1.807) is 0 Å². The SMILES string of the molecule is C[C@H]1CCCN(C(=O)Cc2ccccc2)C1. The average Bonchev–Trinajstić information content (AvgIpc) is 2.30. The number of benzene rings is 1. The number of hydrogen-bond acceptors (Lipinski definition) is 1. The number of carbonyl (C=O) groups excluding carboxylic acids is 1. The van der Waals surface area contributed by atoms with E-state index in [1.165, 1.54) is 6.42 Å². The predicted octanol–water partition coefficient (Wildman–Crippen LogP) is 2.49. The van der Waals surface area contributed by atoms with Crippen LogP contribution in [0.3, 0.4) is 0 Å². The van der Waals surface area contributed by atoms with E-state index in [9.17, 15) is 4.79 Å². The van der Waals surface area contributed by atoms with Gasteiger partial charge < -0.3 is 4.90 Å². The zero-order chi connectivity index (χ0) is 11.4. The average molecular weight is 217 g/mol. The molecule has 0 aromatic heterocycles.